The van der Waals surface area contributed by atoms with Gasteiger partial charge in [0, 0.05) is 18.2 Å². The van der Waals surface area contributed by atoms with Crippen LogP contribution in [0.4, 0.5) is 0 Å². The topological polar surface area (TPSA) is 44.5 Å². The molecule has 0 amide bonds. The molecule has 0 bridgehead atoms. The van der Waals surface area contributed by atoms with Gasteiger partial charge in [0.1, 0.15) is 11.5 Å². The van der Waals surface area contributed by atoms with Gasteiger partial charge >= 0.3 is 0 Å². The number of ether oxygens (including phenoxy) is 2. The second-order valence-electron chi connectivity index (χ2n) is 9.26. The van der Waals surface area contributed by atoms with Crippen LogP contribution in [0.3, 0.4) is 0 Å². The van der Waals surface area contributed by atoms with Crippen LogP contribution in [0.1, 0.15) is 85.6 Å². The molecule has 1 unspecified atom stereocenters. The highest BCUT2D eigenvalue weighted by atomic mass is 16.5. The van der Waals surface area contributed by atoms with E-state index >= 15 is 0 Å². The molecule has 0 aliphatic rings. The molecule has 0 saturated carbocycles. The Labute approximate surface area is 169 Å². The van der Waals surface area contributed by atoms with Crippen LogP contribution in [-0.2, 0) is 6.54 Å². The van der Waals surface area contributed by atoms with Gasteiger partial charge in [-0.1, -0.05) is 79.7 Å². The van der Waals surface area contributed by atoms with Crippen LogP contribution in [0.15, 0.2) is 18.2 Å². The highest BCUT2D eigenvalue weighted by molar-refractivity contribution is 5.40. The van der Waals surface area contributed by atoms with Gasteiger partial charge in [-0.3, -0.25) is 0 Å². The first-order chi connectivity index (χ1) is 12.6. The Kier molecular flexibility index (Phi) is 13.2. The fourth-order valence-electron chi connectivity index (χ4n) is 3.02. The molecule has 0 aliphatic carbocycles. The SMILES string of the molecule is CC(C)CCCC(C)CCCC(C)(C)C.COc1ccc(CN)c(OC)c1. The summed E-state index contributed by atoms with van der Waals surface area (Å²) in [7, 11) is 3.24. The van der Waals surface area contributed by atoms with Gasteiger partial charge in [0.25, 0.3) is 0 Å². The minimum Gasteiger partial charge on any atom is -0.497 e. The predicted octanol–water partition coefficient (Wildman–Crippen LogP) is 6.83. The number of methoxy groups -OCH3 is 2. The molecule has 158 valence electrons. The first kappa shape index (κ1) is 25.8. The zero-order valence-corrected chi connectivity index (χ0v) is 19.2. The number of rotatable bonds is 10. The molecule has 1 aromatic carbocycles. The number of benzene rings is 1. The van der Waals surface area contributed by atoms with Crippen LogP contribution in [0.2, 0.25) is 0 Å². The Balaban J connectivity index is 0.000000511. The molecule has 3 heteroatoms. The van der Waals surface area contributed by atoms with Crippen molar-refractivity contribution in [2.75, 3.05) is 14.2 Å². The van der Waals surface area contributed by atoms with E-state index < -0.39 is 0 Å². The summed E-state index contributed by atoms with van der Waals surface area (Å²) in [4.78, 5) is 0. The molecule has 0 spiro atoms. The summed E-state index contributed by atoms with van der Waals surface area (Å²) in [5.41, 5.74) is 7.01. The number of hydrogen-bond acceptors (Lipinski definition) is 3. The summed E-state index contributed by atoms with van der Waals surface area (Å²) >= 11 is 0. The van der Waals surface area contributed by atoms with Crippen molar-refractivity contribution < 1.29 is 9.47 Å². The average Bonchev–Trinajstić information content (AvgIpc) is 2.60. The molecule has 27 heavy (non-hydrogen) atoms. The zero-order valence-electron chi connectivity index (χ0n) is 19.2. The molecule has 0 saturated heterocycles. The van der Waals surface area contributed by atoms with E-state index in [1.807, 2.05) is 18.2 Å². The summed E-state index contributed by atoms with van der Waals surface area (Å²) < 4.78 is 10.2. The van der Waals surface area contributed by atoms with E-state index in [1.54, 1.807) is 14.2 Å². The van der Waals surface area contributed by atoms with Gasteiger partial charge in [-0.15, -0.1) is 0 Å². The van der Waals surface area contributed by atoms with Crippen LogP contribution >= 0.6 is 0 Å². The normalized spacial score (nSPS) is 12.4. The maximum atomic E-state index is 5.50. The van der Waals surface area contributed by atoms with Crippen molar-refractivity contribution >= 4 is 0 Å². The molecular formula is C24H45NO2. The lowest BCUT2D eigenvalue weighted by atomic mass is 9.87. The minimum absolute atomic E-state index is 0.479. The Hall–Kier alpha value is -1.22. The van der Waals surface area contributed by atoms with Gasteiger partial charge in [-0.25, -0.2) is 0 Å². The van der Waals surface area contributed by atoms with Crippen molar-refractivity contribution in [1.29, 1.82) is 0 Å². The van der Waals surface area contributed by atoms with E-state index in [1.165, 1.54) is 38.5 Å². The van der Waals surface area contributed by atoms with Crippen LogP contribution in [0.5, 0.6) is 11.5 Å². The standard InChI is InChI=1S/C15H32.C9H13NO2/c1-13(2)9-7-10-14(3)11-8-12-15(4,5)6;1-11-8-4-3-7(6-10)9(5-8)12-2/h13-14H,7-12H2,1-6H3;3-5H,6,10H2,1-2H3. The van der Waals surface area contributed by atoms with E-state index in [-0.39, 0.29) is 0 Å². The molecule has 0 radical (unpaired) electrons. The van der Waals surface area contributed by atoms with Gasteiger partial charge in [-0.2, -0.15) is 0 Å². The molecule has 0 aliphatic heterocycles. The Morgan fingerprint density at radius 2 is 1.56 bits per heavy atom. The Morgan fingerprint density at radius 1 is 0.926 bits per heavy atom. The van der Waals surface area contributed by atoms with Gasteiger partial charge in [0.2, 0.25) is 0 Å². The quantitative estimate of drug-likeness (QED) is 0.484. The van der Waals surface area contributed by atoms with Crippen LogP contribution < -0.4 is 15.2 Å². The second-order valence-corrected chi connectivity index (χ2v) is 9.26. The lowest BCUT2D eigenvalue weighted by Crippen LogP contribution is -2.05. The predicted molar refractivity (Wildman–Crippen MR) is 119 cm³/mol. The zero-order chi connectivity index (χ0) is 20.9. The van der Waals surface area contributed by atoms with Crippen molar-refractivity contribution in [3.05, 3.63) is 23.8 Å². The summed E-state index contributed by atoms with van der Waals surface area (Å²) in [6.45, 7) is 14.6. The summed E-state index contributed by atoms with van der Waals surface area (Å²) in [5.74, 6) is 3.37. The molecular weight excluding hydrogens is 334 g/mol. The van der Waals surface area contributed by atoms with Crippen LogP contribution in [0.25, 0.3) is 0 Å². The molecule has 2 N–H and O–H groups in total. The molecule has 1 atom stereocenters. The Bertz CT molecular complexity index is 492. The fraction of sp³-hybridized carbons (Fsp3) is 0.750. The monoisotopic (exact) mass is 379 g/mol. The van der Waals surface area contributed by atoms with Crippen molar-refractivity contribution in [3.63, 3.8) is 0 Å². The summed E-state index contributed by atoms with van der Waals surface area (Å²) in [5, 5.41) is 0. The van der Waals surface area contributed by atoms with E-state index in [4.69, 9.17) is 15.2 Å². The van der Waals surface area contributed by atoms with Crippen LogP contribution in [0, 0.1) is 17.3 Å². The van der Waals surface area contributed by atoms with Gasteiger partial charge in [0.15, 0.2) is 0 Å². The van der Waals surface area contributed by atoms with Gasteiger partial charge < -0.3 is 15.2 Å². The average molecular weight is 380 g/mol. The summed E-state index contributed by atoms with van der Waals surface area (Å²) in [6.07, 6.45) is 8.48. The first-order valence-electron chi connectivity index (χ1n) is 10.5. The molecule has 1 aromatic rings. The van der Waals surface area contributed by atoms with E-state index in [0.717, 1.165) is 28.9 Å². The molecule has 0 heterocycles. The molecule has 0 fully saturated rings. The maximum absolute atomic E-state index is 5.50. The Morgan fingerprint density at radius 3 is 2.04 bits per heavy atom. The smallest absolute Gasteiger partial charge is 0.127 e. The fourth-order valence-corrected chi connectivity index (χ4v) is 3.02. The van der Waals surface area contributed by atoms with Crippen molar-refractivity contribution in [2.24, 2.45) is 23.0 Å². The minimum atomic E-state index is 0.479. The largest absolute Gasteiger partial charge is 0.497 e. The number of nitrogens with two attached hydrogens (primary N) is 1. The van der Waals surface area contributed by atoms with E-state index in [2.05, 4.69) is 41.5 Å². The number of hydrogen-bond donors (Lipinski definition) is 1. The molecule has 1 rings (SSSR count). The first-order valence-corrected chi connectivity index (χ1v) is 10.5. The van der Waals surface area contributed by atoms with E-state index in [9.17, 15) is 0 Å². The van der Waals surface area contributed by atoms with E-state index in [0.29, 0.717) is 12.0 Å². The summed E-state index contributed by atoms with van der Waals surface area (Å²) in [6, 6.07) is 5.59. The molecule has 3 nitrogen and oxygen atoms in total. The molecule has 0 aromatic heterocycles. The highest BCUT2D eigenvalue weighted by Crippen LogP contribution is 2.25. The lowest BCUT2D eigenvalue weighted by Gasteiger charge is -2.19. The lowest BCUT2D eigenvalue weighted by molar-refractivity contribution is 0.334. The van der Waals surface area contributed by atoms with Crippen molar-refractivity contribution in [2.45, 2.75) is 86.6 Å². The highest BCUT2D eigenvalue weighted by Gasteiger charge is 2.10. The maximum Gasteiger partial charge on any atom is 0.127 e. The van der Waals surface area contributed by atoms with Gasteiger partial charge in [0.05, 0.1) is 14.2 Å². The van der Waals surface area contributed by atoms with Crippen molar-refractivity contribution in [1.82, 2.24) is 0 Å². The van der Waals surface area contributed by atoms with Crippen molar-refractivity contribution in [3.8, 4) is 11.5 Å². The van der Waals surface area contributed by atoms with Crippen LogP contribution in [-0.4, -0.2) is 14.2 Å². The second kappa shape index (κ2) is 13.9. The third-order valence-corrected chi connectivity index (χ3v) is 4.82. The third-order valence-electron chi connectivity index (χ3n) is 4.82. The van der Waals surface area contributed by atoms with Gasteiger partial charge in [-0.05, 0) is 29.7 Å². The third kappa shape index (κ3) is 13.6.